The van der Waals surface area contributed by atoms with E-state index in [1.54, 1.807) is 6.20 Å². The molecule has 2 aromatic rings. The number of aryl methyl sites for hydroxylation is 1. The van der Waals surface area contributed by atoms with Gasteiger partial charge >= 0.3 is 0 Å². The van der Waals surface area contributed by atoms with Gasteiger partial charge < -0.3 is 9.47 Å². The Kier molecular flexibility index (Phi) is 4.15. The minimum Gasteiger partial charge on any atom is -0.367 e. The lowest BCUT2D eigenvalue weighted by Gasteiger charge is -2.19. The van der Waals surface area contributed by atoms with Gasteiger partial charge in [-0.2, -0.15) is 0 Å². The van der Waals surface area contributed by atoms with E-state index in [2.05, 4.69) is 9.88 Å². The van der Waals surface area contributed by atoms with Crippen molar-refractivity contribution in [2.24, 2.45) is 7.05 Å². The van der Waals surface area contributed by atoms with Crippen molar-refractivity contribution in [1.82, 2.24) is 9.55 Å². The van der Waals surface area contributed by atoms with Crippen LogP contribution in [-0.2, 0) is 19.5 Å². The summed E-state index contributed by atoms with van der Waals surface area (Å²) in [5, 5.41) is 0.703. The normalized spacial score (nSPS) is 10.7. The molecule has 0 N–H and O–H groups in total. The third-order valence-corrected chi connectivity index (χ3v) is 3.56. The van der Waals surface area contributed by atoms with E-state index in [9.17, 15) is 0 Å². The molecule has 0 spiro atoms. The van der Waals surface area contributed by atoms with Crippen LogP contribution in [0, 0.1) is 0 Å². The smallest absolute Gasteiger partial charge is 0.127 e. The number of alkyl halides is 1. The van der Waals surface area contributed by atoms with Crippen LogP contribution in [0.4, 0.5) is 5.69 Å². The molecule has 0 unspecified atom stereocenters. The van der Waals surface area contributed by atoms with Crippen LogP contribution in [-0.4, -0.2) is 16.6 Å². The Balaban J connectivity index is 2.16. The van der Waals surface area contributed by atoms with Crippen molar-refractivity contribution in [3.8, 4) is 0 Å². The highest BCUT2D eigenvalue weighted by atomic mass is 35.5. The maximum atomic E-state index is 6.15. The van der Waals surface area contributed by atoms with Crippen LogP contribution in [0.25, 0.3) is 0 Å². The van der Waals surface area contributed by atoms with Gasteiger partial charge in [-0.05, 0) is 17.7 Å². The molecule has 96 valence electrons. The summed E-state index contributed by atoms with van der Waals surface area (Å²) in [5.41, 5.74) is 2.00. The largest absolute Gasteiger partial charge is 0.367 e. The Morgan fingerprint density at radius 1 is 1.39 bits per heavy atom. The molecule has 0 aliphatic rings. The first kappa shape index (κ1) is 13.2. The van der Waals surface area contributed by atoms with Crippen LogP contribution in [0.15, 0.2) is 30.6 Å². The van der Waals surface area contributed by atoms with Crippen molar-refractivity contribution in [3.05, 3.63) is 47.0 Å². The second kappa shape index (κ2) is 5.63. The van der Waals surface area contributed by atoms with Gasteiger partial charge in [-0.25, -0.2) is 4.98 Å². The summed E-state index contributed by atoms with van der Waals surface area (Å²) in [7, 11) is 4.00. The van der Waals surface area contributed by atoms with Crippen molar-refractivity contribution < 1.29 is 0 Å². The first-order valence-corrected chi connectivity index (χ1v) is 6.55. The van der Waals surface area contributed by atoms with E-state index in [-0.39, 0.29) is 0 Å². The Bertz CT molecular complexity index is 537. The van der Waals surface area contributed by atoms with E-state index < -0.39 is 0 Å². The monoisotopic (exact) mass is 283 g/mol. The molecule has 0 saturated heterocycles. The molecular weight excluding hydrogens is 269 g/mol. The van der Waals surface area contributed by atoms with E-state index in [4.69, 9.17) is 23.2 Å². The van der Waals surface area contributed by atoms with Gasteiger partial charge in [0.15, 0.2) is 0 Å². The third kappa shape index (κ3) is 2.79. The number of imidazole rings is 1. The molecule has 3 nitrogen and oxygen atoms in total. The lowest BCUT2D eigenvalue weighted by Crippen LogP contribution is -2.19. The number of anilines is 1. The van der Waals surface area contributed by atoms with Crippen LogP contribution in [0.1, 0.15) is 11.4 Å². The summed E-state index contributed by atoms with van der Waals surface area (Å²) in [6, 6.07) is 5.91. The van der Waals surface area contributed by atoms with E-state index in [1.807, 2.05) is 43.1 Å². The Morgan fingerprint density at radius 3 is 2.72 bits per heavy atom. The van der Waals surface area contributed by atoms with Crippen LogP contribution in [0.2, 0.25) is 5.02 Å². The maximum absolute atomic E-state index is 6.15. The molecule has 0 amide bonds. The van der Waals surface area contributed by atoms with Crippen molar-refractivity contribution >= 4 is 28.9 Å². The van der Waals surface area contributed by atoms with Crippen molar-refractivity contribution in [2.75, 3.05) is 11.9 Å². The number of aromatic nitrogens is 2. The van der Waals surface area contributed by atoms with Crippen LogP contribution in [0.3, 0.4) is 0 Å². The van der Waals surface area contributed by atoms with Gasteiger partial charge in [0.2, 0.25) is 0 Å². The molecule has 0 bridgehead atoms. The zero-order chi connectivity index (χ0) is 13.1. The molecule has 1 heterocycles. The van der Waals surface area contributed by atoms with Gasteiger partial charge in [-0.15, -0.1) is 11.6 Å². The van der Waals surface area contributed by atoms with Crippen LogP contribution in [0.5, 0.6) is 0 Å². The highest BCUT2D eigenvalue weighted by Gasteiger charge is 2.08. The minimum atomic E-state index is 0.433. The van der Waals surface area contributed by atoms with Gasteiger partial charge in [0, 0.05) is 43.1 Å². The Hall–Kier alpha value is -1.19. The summed E-state index contributed by atoms with van der Waals surface area (Å²) in [5.74, 6) is 1.44. The van der Waals surface area contributed by atoms with E-state index in [1.165, 1.54) is 0 Å². The lowest BCUT2D eigenvalue weighted by molar-refractivity contribution is 0.761. The number of nitrogens with zero attached hydrogens (tertiary/aromatic N) is 3. The Morgan fingerprint density at radius 2 is 2.17 bits per heavy atom. The zero-order valence-electron chi connectivity index (χ0n) is 10.4. The molecule has 0 radical (unpaired) electrons. The van der Waals surface area contributed by atoms with E-state index in [0.717, 1.165) is 23.6 Å². The highest BCUT2D eigenvalue weighted by molar-refractivity contribution is 6.32. The second-order valence-electron chi connectivity index (χ2n) is 4.22. The molecule has 0 aliphatic heterocycles. The fourth-order valence-electron chi connectivity index (χ4n) is 1.73. The third-order valence-electron chi connectivity index (χ3n) is 2.92. The summed E-state index contributed by atoms with van der Waals surface area (Å²) in [6.45, 7) is 0.736. The summed E-state index contributed by atoms with van der Waals surface area (Å²) in [4.78, 5) is 6.41. The molecule has 0 atom stereocenters. The molecule has 2 rings (SSSR count). The number of hydrogen-bond donors (Lipinski definition) is 0. The van der Waals surface area contributed by atoms with Gasteiger partial charge in [0.05, 0.1) is 6.54 Å². The summed E-state index contributed by atoms with van der Waals surface area (Å²) in [6.07, 6.45) is 3.74. The number of benzene rings is 1. The van der Waals surface area contributed by atoms with Crippen molar-refractivity contribution in [1.29, 1.82) is 0 Å². The van der Waals surface area contributed by atoms with Gasteiger partial charge in [-0.1, -0.05) is 17.7 Å². The van der Waals surface area contributed by atoms with Crippen LogP contribution < -0.4 is 4.90 Å². The lowest BCUT2D eigenvalue weighted by atomic mass is 10.2. The quantitative estimate of drug-likeness (QED) is 0.802. The van der Waals surface area contributed by atoms with Gasteiger partial charge in [0.1, 0.15) is 5.82 Å². The van der Waals surface area contributed by atoms with E-state index in [0.29, 0.717) is 10.9 Å². The molecule has 0 fully saturated rings. The molecule has 0 aliphatic carbocycles. The number of hydrogen-bond acceptors (Lipinski definition) is 2. The van der Waals surface area contributed by atoms with Crippen molar-refractivity contribution in [2.45, 2.75) is 12.4 Å². The highest BCUT2D eigenvalue weighted by Crippen LogP contribution is 2.25. The molecule has 0 saturated carbocycles. The molecule has 18 heavy (non-hydrogen) atoms. The molecule has 1 aromatic heterocycles. The van der Waals surface area contributed by atoms with Crippen molar-refractivity contribution in [3.63, 3.8) is 0 Å². The van der Waals surface area contributed by atoms with Gasteiger partial charge in [0.25, 0.3) is 0 Å². The average molecular weight is 284 g/mol. The fraction of sp³-hybridized carbons (Fsp3) is 0.308. The predicted octanol–water partition coefficient (Wildman–Crippen LogP) is 3.45. The molecular formula is C13H15Cl2N3. The standard InChI is InChI=1S/C13H15Cl2N3/c1-17-6-5-16-13(17)9-18(2)11-4-3-10(8-14)12(15)7-11/h3-7H,8-9H2,1-2H3. The first-order chi connectivity index (χ1) is 8.61. The summed E-state index contributed by atoms with van der Waals surface area (Å²) >= 11 is 11.9. The predicted molar refractivity (Wildman–Crippen MR) is 76.3 cm³/mol. The first-order valence-electron chi connectivity index (χ1n) is 5.63. The maximum Gasteiger partial charge on any atom is 0.127 e. The minimum absolute atomic E-state index is 0.433. The second-order valence-corrected chi connectivity index (χ2v) is 4.89. The van der Waals surface area contributed by atoms with Crippen LogP contribution >= 0.6 is 23.2 Å². The van der Waals surface area contributed by atoms with E-state index >= 15 is 0 Å². The molecule has 1 aromatic carbocycles. The number of halogens is 2. The number of rotatable bonds is 4. The molecule has 5 heteroatoms. The topological polar surface area (TPSA) is 21.1 Å². The summed E-state index contributed by atoms with van der Waals surface area (Å²) < 4.78 is 2.01. The average Bonchev–Trinajstić information content (AvgIpc) is 2.75. The fourth-order valence-corrected chi connectivity index (χ4v) is 2.28. The Labute approximate surface area is 117 Å². The SMILES string of the molecule is CN(Cc1nccn1C)c1ccc(CCl)c(Cl)c1. The zero-order valence-corrected chi connectivity index (χ0v) is 11.9. The van der Waals surface area contributed by atoms with Gasteiger partial charge in [-0.3, -0.25) is 0 Å².